The van der Waals surface area contributed by atoms with Crippen LogP contribution in [0.5, 0.6) is 5.75 Å². The maximum absolute atomic E-state index is 11.3. The zero-order valence-corrected chi connectivity index (χ0v) is 24.7. The van der Waals surface area contributed by atoms with Gasteiger partial charge in [-0.25, -0.2) is 14.8 Å². The van der Waals surface area contributed by atoms with Crippen molar-refractivity contribution in [2.45, 2.75) is 57.0 Å². The van der Waals surface area contributed by atoms with Crippen LogP contribution in [-0.2, 0) is 6.42 Å². The summed E-state index contributed by atoms with van der Waals surface area (Å²) in [4.78, 5) is 31.0. The van der Waals surface area contributed by atoms with E-state index in [1.807, 2.05) is 24.5 Å². The van der Waals surface area contributed by atoms with E-state index in [2.05, 4.69) is 21.7 Å². The molecule has 1 spiro atoms. The molecule has 2 saturated heterocycles. The quantitative estimate of drug-likeness (QED) is 0.305. The number of aromatic hydroxyl groups is 1. The molecule has 5 heterocycles. The molecule has 3 aromatic rings. The van der Waals surface area contributed by atoms with Crippen molar-refractivity contribution in [1.82, 2.24) is 24.8 Å². The Kier molecular flexibility index (Phi) is 6.72. The zero-order chi connectivity index (χ0) is 29.9. The van der Waals surface area contributed by atoms with Gasteiger partial charge in [-0.15, -0.1) is 0 Å². The number of rotatable bonds is 5. The highest BCUT2D eigenvalue weighted by atomic mass is 16.3. The largest absolute Gasteiger partial charge is 0.507 e. The van der Waals surface area contributed by atoms with E-state index in [0.717, 1.165) is 68.8 Å². The van der Waals surface area contributed by atoms with E-state index in [1.165, 1.54) is 18.4 Å². The number of carbonyl (C=O) groups excluding carboxylic acids is 1. The van der Waals surface area contributed by atoms with Gasteiger partial charge < -0.3 is 42.0 Å². The number of benzene rings is 1. The summed E-state index contributed by atoms with van der Waals surface area (Å²) in [6.45, 7) is 6.77. The number of urea groups is 1. The van der Waals surface area contributed by atoms with Crippen molar-refractivity contribution in [3.05, 3.63) is 64.6 Å². The number of para-hydroxylation sites is 1. The first-order chi connectivity index (χ1) is 20.7. The van der Waals surface area contributed by atoms with Crippen LogP contribution < -0.4 is 22.1 Å². The minimum Gasteiger partial charge on any atom is -0.507 e. The fourth-order valence-electron chi connectivity index (χ4n) is 7.90. The monoisotopic (exact) mass is 583 g/mol. The first-order valence-electron chi connectivity index (χ1n) is 15.3. The summed E-state index contributed by atoms with van der Waals surface area (Å²) in [7, 11) is 0. The summed E-state index contributed by atoms with van der Waals surface area (Å²) in [6, 6.07) is 7.38. The SMILES string of the molecule is CC1c2c([nH]c(N)c2/C=C(\N)c2ccccc2O)CCN1c1ncc(C2CCN(C3CC4(C3)CN(C(N)=O)C4)CC2)cn1. The minimum atomic E-state index is -0.287. The maximum atomic E-state index is 11.3. The van der Waals surface area contributed by atoms with E-state index in [4.69, 9.17) is 27.2 Å². The smallest absolute Gasteiger partial charge is 0.314 e. The third-order valence-corrected chi connectivity index (χ3v) is 10.3. The first-order valence-corrected chi connectivity index (χ1v) is 15.3. The van der Waals surface area contributed by atoms with Gasteiger partial charge in [-0.1, -0.05) is 12.1 Å². The molecule has 8 N–H and O–H groups in total. The number of nitrogen functional groups attached to an aromatic ring is 1. The summed E-state index contributed by atoms with van der Waals surface area (Å²) < 4.78 is 0. The lowest BCUT2D eigenvalue weighted by Gasteiger charge is -2.61. The van der Waals surface area contributed by atoms with Crippen LogP contribution in [0, 0.1) is 5.41 Å². The van der Waals surface area contributed by atoms with E-state index in [-0.39, 0.29) is 17.8 Å². The Morgan fingerprint density at radius 1 is 1.09 bits per heavy atom. The number of nitrogens with two attached hydrogens (primary N) is 3. The third-order valence-electron chi connectivity index (χ3n) is 10.3. The number of anilines is 2. The highest BCUT2D eigenvalue weighted by Crippen LogP contribution is 2.51. The van der Waals surface area contributed by atoms with E-state index < -0.39 is 0 Å². The van der Waals surface area contributed by atoms with Gasteiger partial charge in [0.2, 0.25) is 5.95 Å². The van der Waals surface area contributed by atoms with Gasteiger partial charge in [0.25, 0.3) is 0 Å². The van der Waals surface area contributed by atoms with Crippen LogP contribution in [0.25, 0.3) is 11.8 Å². The Morgan fingerprint density at radius 3 is 2.47 bits per heavy atom. The second-order valence-corrected chi connectivity index (χ2v) is 13.0. The van der Waals surface area contributed by atoms with Gasteiger partial charge in [-0.3, -0.25) is 0 Å². The minimum absolute atomic E-state index is 0.00806. The number of nitrogens with one attached hydrogen (secondary N) is 1. The molecular weight excluding hydrogens is 542 g/mol. The van der Waals surface area contributed by atoms with Crippen LogP contribution >= 0.6 is 0 Å². The van der Waals surface area contributed by atoms with Crippen LogP contribution in [0.2, 0.25) is 0 Å². The number of hydrogen-bond acceptors (Lipinski definition) is 8. The van der Waals surface area contributed by atoms with Crippen molar-refractivity contribution < 1.29 is 9.90 Å². The highest BCUT2D eigenvalue weighted by molar-refractivity contribution is 5.86. The number of aromatic amines is 1. The molecule has 1 atom stereocenters. The van der Waals surface area contributed by atoms with Crippen LogP contribution in [0.4, 0.5) is 16.6 Å². The molecular formula is C32H41N9O2. The molecule has 0 radical (unpaired) electrons. The van der Waals surface area contributed by atoms with Gasteiger partial charge in [0.15, 0.2) is 0 Å². The van der Waals surface area contributed by atoms with Crippen LogP contribution in [-0.4, -0.2) is 74.7 Å². The van der Waals surface area contributed by atoms with E-state index in [1.54, 1.807) is 23.1 Å². The number of nitrogens with zero attached hydrogens (tertiary/aromatic N) is 5. The summed E-state index contributed by atoms with van der Waals surface area (Å²) >= 11 is 0. The summed E-state index contributed by atoms with van der Waals surface area (Å²) in [5.74, 6) is 1.89. The first kappa shape index (κ1) is 27.6. The Bertz CT molecular complexity index is 1540. The number of fused-ring (bicyclic) bond motifs is 1. The lowest BCUT2D eigenvalue weighted by molar-refractivity contribution is -0.0920. The fourth-order valence-corrected chi connectivity index (χ4v) is 7.90. The van der Waals surface area contributed by atoms with Gasteiger partial charge in [-0.05, 0) is 75.4 Å². The van der Waals surface area contributed by atoms with Crippen molar-refractivity contribution >= 4 is 29.6 Å². The van der Waals surface area contributed by atoms with E-state index in [9.17, 15) is 9.90 Å². The number of hydrogen-bond donors (Lipinski definition) is 5. The molecule has 226 valence electrons. The number of H-pyrrole nitrogens is 1. The average molecular weight is 584 g/mol. The predicted molar refractivity (Wildman–Crippen MR) is 167 cm³/mol. The summed E-state index contributed by atoms with van der Waals surface area (Å²) in [5, 5.41) is 10.3. The van der Waals surface area contributed by atoms with Crippen molar-refractivity contribution in [2.75, 3.05) is 43.4 Å². The molecule has 4 aliphatic rings. The third kappa shape index (κ3) is 4.85. The lowest BCUT2D eigenvalue weighted by atomic mass is 9.60. The lowest BCUT2D eigenvalue weighted by Crippen LogP contribution is -2.68. The molecule has 3 fully saturated rings. The normalized spacial score (nSPS) is 22.7. The van der Waals surface area contributed by atoms with Gasteiger partial charge in [0.1, 0.15) is 11.6 Å². The van der Waals surface area contributed by atoms with Gasteiger partial charge in [0, 0.05) is 78.0 Å². The van der Waals surface area contributed by atoms with Gasteiger partial charge >= 0.3 is 6.03 Å². The molecule has 1 saturated carbocycles. The average Bonchev–Trinajstić information content (AvgIpc) is 3.27. The Balaban J connectivity index is 0.993. The second-order valence-electron chi connectivity index (χ2n) is 13.0. The molecule has 2 amide bonds. The molecule has 1 aliphatic carbocycles. The summed E-state index contributed by atoms with van der Waals surface area (Å²) in [6.07, 6.45) is 11.2. The molecule has 1 unspecified atom stereocenters. The fraction of sp³-hybridized carbons (Fsp3) is 0.469. The van der Waals surface area contributed by atoms with Gasteiger partial charge in [-0.2, -0.15) is 0 Å². The maximum Gasteiger partial charge on any atom is 0.314 e. The van der Waals surface area contributed by atoms with Crippen molar-refractivity contribution in [2.24, 2.45) is 16.9 Å². The van der Waals surface area contributed by atoms with Crippen LogP contribution in [0.1, 0.15) is 72.5 Å². The Morgan fingerprint density at radius 2 is 1.79 bits per heavy atom. The molecule has 2 aromatic heterocycles. The number of primary amides is 1. The molecule has 1 aromatic carbocycles. The molecule has 7 rings (SSSR count). The predicted octanol–water partition coefficient (Wildman–Crippen LogP) is 3.40. The van der Waals surface area contributed by atoms with Crippen LogP contribution in [0.3, 0.4) is 0 Å². The Labute approximate surface area is 251 Å². The molecule has 43 heavy (non-hydrogen) atoms. The van der Waals surface area contributed by atoms with E-state index in [0.29, 0.717) is 40.4 Å². The number of carbonyl (C=O) groups is 1. The zero-order valence-electron chi connectivity index (χ0n) is 24.7. The second kappa shape index (κ2) is 10.5. The Hall–Kier alpha value is -4.25. The van der Waals surface area contributed by atoms with E-state index >= 15 is 0 Å². The molecule has 3 aliphatic heterocycles. The molecule has 0 bridgehead atoms. The number of likely N-dealkylation sites (tertiary alicyclic amines) is 2. The van der Waals surface area contributed by atoms with Crippen molar-refractivity contribution in [3.63, 3.8) is 0 Å². The number of piperidine rings is 1. The van der Waals surface area contributed by atoms with Crippen LogP contribution in [0.15, 0.2) is 36.7 Å². The van der Waals surface area contributed by atoms with Gasteiger partial charge in [0.05, 0.1) is 6.04 Å². The van der Waals surface area contributed by atoms with Crippen molar-refractivity contribution in [3.8, 4) is 5.75 Å². The number of phenols is 1. The van der Waals surface area contributed by atoms with Crippen molar-refractivity contribution in [1.29, 1.82) is 0 Å². The summed E-state index contributed by atoms with van der Waals surface area (Å²) in [5.41, 5.74) is 23.8. The molecule has 11 heteroatoms. The number of aromatic nitrogens is 3. The number of phenolic OH excluding ortho intramolecular Hbond substituents is 1. The standard InChI is InChI=1S/C32H41N9O2/c1-19-28-24(12-25(33)23-4-2-3-5-27(23)42)29(34)38-26(28)8-11-41(19)31-36-15-21(16-37-31)20-6-9-39(10-7-20)22-13-32(14-22)17-40(18-32)30(35)43/h2-5,12,15-16,19-20,22,38,42H,6-11,13-14,17-18,33-34H2,1H3,(H2,35,43)/b25-12-. The highest BCUT2D eigenvalue weighted by Gasteiger charge is 2.54. The topological polar surface area (TPSA) is 167 Å². The molecule has 11 nitrogen and oxygen atoms in total. The number of amides is 2.